The molecule has 392 valence electrons. The van der Waals surface area contributed by atoms with Crippen LogP contribution in [-0.2, 0) is 0 Å². The van der Waals surface area contributed by atoms with Gasteiger partial charge in [0.05, 0.1) is 27.8 Å². The van der Waals surface area contributed by atoms with E-state index in [1.54, 1.807) is 0 Å². The molecule has 5 nitrogen and oxygen atoms in total. The van der Waals surface area contributed by atoms with Crippen LogP contribution in [0.15, 0.2) is 315 Å². The highest BCUT2D eigenvalue weighted by molar-refractivity contribution is 7.00. The van der Waals surface area contributed by atoms with E-state index >= 15 is 0 Å². The molecule has 2 aliphatic rings. The quantitative estimate of drug-likeness (QED) is 0.134. The average Bonchev–Trinajstić information content (AvgIpc) is 1.31. The van der Waals surface area contributed by atoms with Gasteiger partial charge in [0.25, 0.3) is 6.71 Å². The first kappa shape index (κ1) is 47.7. The summed E-state index contributed by atoms with van der Waals surface area (Å²) in [6.07, 6.45) is 0. The van der Waals surface area contributed by atoms with Crippen molar-refractivity contribution >= 4 is 118 Å². The smallest absolute Gasteiger partial charge is 0.252 e. The molecule has 0 N–H and O–H groups in total. The van der Waals surface area contributed by atoms with Crippen LogP contribution in [0.3, 0.4) is 0 Å². The van der Waals surface area contributed by atoms with E-state index < -0.39 is 0 Å². The molecule has 17 rings (SSSR count). The number of anilines is 9. The number of hydrogen-bond donors (Lipinski definition) is 0. The molecule has 84 heavy (non-hydrogen) atoms. The predicted molar refractivity (Wildman–Crippen MR) is 355 cm³/mol. The van der Waals surface area contributed by atoms with Gasteiger partial charge >= 0.3 is 0 Å². The van der Waals surface area contributed by atoms with Gasteiger partial charge in [0, 0.05) is 78.4 Å². The second-order valence-corrected chi connectivity index (χ2v) is 22.1. The van der Waals surface area contributed by atoms with Gasteiger partial charge in [-0.05, 0) is 160 Å². The Kier molecular flexibility index (Phi) is 11.0. The van der Waals surface area contributed by atoms with Crippen LogP contribution in [0, 0.1) is 0 Å². The van der Waals surface area contributed by atoms with Crippen LogP contribution in [0.1, 0.15) is 0 Å². The second kappa shape index (κ2) is 19.3. The summed E-state index contributed by atoms with van der Waals surface area (Å²) in [6, 6.07) is 116. The molecule has 13 aromatic carbocycles. The molecule has 0 amide bonds. The van der Waals surface area contributed by atoms with Gasteiger partial charge in [0.1, 0.15) is 0 Å². The van der Waals surface area contributed by atoms with Gasteiger partial charge in [0.15, 0.2) is 0 Å². The predicted octanol–water partition coefficient (Wildman–Crippen LogP) is 18.8. The number of benzene rings is 13. The topological polar surface area (TPSA) is 19.6 Å². The summed E-state index contributed by atoms with van der Waals surface area (Å²) in [4.78, 5) is 7.45. The third kappa shape index (κ3) is 7.51. The van der Waals surface area contributed by atoms with Crippen molar-refractivity contribution in [2.24, 2.45) is 0 Å². The summed E-state index contributed by atoms with van der Waals surface area (Å²) in [6.45, 7) is -0.170. The van der Waals surface area contributed by atoms with E-state index in [0.717, 1.165) is 84.8 Å². The SMILES string of the molecule is c1ccc(N(c2ccccc2)c2cc3c4c(c2)N(c2ccccc2)c2ccc(-c5cccc(-n6c7ccccc7c7ccccc76)c5)cc2B4c2cc(-c4cccc(-n5c6ccccc6c6ccccc65)c4)ccc2N3c2ccccc2)cc1. The standard InChI is InChI=1S/C78H52BN5/c1-5-25-57(26-6-1)80(58-27-7-2-8-28-58)63-51-76-78-77(52-63)82(60-31-11-4-12-32-60)75-46-44-56(54-24-22-34-62(48-54)84-72-41-19-15-37-66(72)67-38-16-20-42-73(67)84)50-69(75)79(78)68-49-55(43-45-74(68)81(76)59-29-9-3-10-30-59)53-23-21-33-61(47-53)83-70-39-17-13-35-64(70)65-36-14-18-40-71(65)83/h1-52H. The number of fused-ring (bicyclic) bond motifs is 10. The minimum atomic E-state index is -0.170. The van der Waals surface area contributed by atoms with Gasteiger partial charge in [-0.2, -0.15) is 0 Å². The molecular formula is C78H52BN5. The second-order valence-electron chi connectivity index (χ2n) is 22.1. The highest BCUT2D eigenvalue weighted by Gasteiger charge is 2.44. The molecule has 6 heteroatoms. The van der Waals surface area contributed by atoms with Crippen molar-refractivity contribution in [1.29, 1.82) is 0 Å². The molecule has 0 fully saturated rings. The van der Waals surface area contributed by atoms with Crippen LogP contribution in [0.4, 0.5) is 51.2 Å². The Morgan fingerprint density at radius 1 is 0.238 bits per heavy atom. The van der Waals surface area contributed by atoms with Gasteiger partial charge in [-0.3, -0.25) is 0 Å². The van der Waals surface area contributed by atoms with E-state index in [1.165, 1.54) is 60.0 Å². The molecule has 0 saturated carbocycles. The molecule has 2 aliphatic heterocycles. The third-order valence-corrected chi connectivity index (χ3v) is 17.4. The van der Waals surface area contributed by atoms with Crippen LogP contribution < -0.4 is 31.1 Å². The molecule has 0 saturated heterocycles. The maximum atomic E-state index is 2.52. The fraction of sp³-hybridized carbons (Fsp3) is 0. The van der Waals surface area contributed by atoms with Crippen LogP contribution in [-0.4, -0.2) is 15.8 Å². The van der Waals surface area contributed by atoms with Crippen molar-refractivity contribution in [2.45, 2.75) is 0 Å². The summed E-state index contributed by atoms with van der Waals surface area (Å²) in [5.74, 6) is 0. The molecule has 0 unspecified atom stereocenters. The van der Waals surface area contributed by atoms with E-state index in [2.05, 4.69) is 339 Å². The Bertz CT molecular complexity index is 4630. The molecule has 15 aromatic rings. The normalized spacial score (nSPS) is 12.5. The summed E-state index contributed by atoms with van der Waals surface area (Å²) in [7, 11) is 0. The molecule has 2 aromatic heterocycles. The van der Waals surface area contributed by atoms with Crippen molar-refractivity contribution in [3.05, 3.63) is 315 Å². The lowest BCUT2D eigenvalue weighted by Gasteiger charge is -2.45. The number of para-hydroxylation sites is 8. The Morgan fingerprint density at radius 2 is 0.571 bits per heavy atom. The molecule has 4 heterocycles. The fourth-order valence-electron chi connectivity index (χ4n) is 13.8. The first-order valence-corrected chi connectivity index (χ1v) is 28.9. The van der Waals surface area contributed by atoms with Crippen molar-refractivity contribution in [3.8, 4) is 33.6 Å². The van der Waals surface area contributed by atoms with Crippen molar-refractivity contribution in [2.75, 3.05) is 14.7 Å². The average molecular weight is 1070 g/mol. The number of hydrogen-bond acceptors (Lipinski definition) is 3. The van der Waals surface area contributed by atoms with Crippen LogP contribution in [0.5, 0.6) is 0 Å². The van der Waals surface area contributed by atoms with Crippen molar-refractivity contribution in [3.63, 3.8) is 0 Å². The summed E-state index contributed by atoms with van der Waals surface area (Å²) < 4.78 is 4.84. The van der Waals surface area contributed by atoms with E-state index in [9.17, 15) is 0 Å². The van der Waals surface area contributed by atoms with Crippen molar-refractivity contribution < 1.29 is 0 Å². The minimum Gasteiger partial charge on any atom is -0.311 e. The van der Waals surface area contributed by atoms with Crippen LogP contribution in [0.25, 0.3) is 77.2 Å². The lowest BCUT2D eigenvalue weighted by atomic mass is 9.33. The molecular weight excluding hydrogens is 1020 g/mol. The van der Waals surface area contributed by atoms with Gasteiger partial charge in [0.2, 0.25) is 0 Å². The summed E-state index contributed by atoms with van der Waals surface area (Å²) in [5.41, 5.74) is 25.4. The first-order valence-electron chi connectivity index (χ1n) is 28.9. The molecule has 0 spiro atoms. The Balaban J connectivity index is 0.924. The lowest BCUT2D eigenvalue weighted by molar-refractivity contribution is 1.18. The van der Waals surface area contributed by atoms with E-state index in [-0.39, 0.29) is 6.71 Å². The zero-order valence-electron chi connectivity index (χ0n) is 45.8. The van der Waals surface area contributed by atoms with Crippen LogP contribution >= 0.6 is 0 Å². The Labute approximate surface area is 488 Å². The molecule has 0 atom stereocenters. The highest BCUT2D eigenvalue weighted by atomic mass is 15.2. The monoisotopic (exact) mass is 1070 g/mol. The van der Waals surface area contributed by atoms with Gasteiger partial charge < -0.3 is 23.8 Å². The minimum absolute atomic E-state index is 0.170. The fourth-order valence-corrected chi connectivity index (χ4v) is 13.8. The Hall–Kier alpha value is -11.1. The zero-order valence-corrected chi connectivity index (χ0v) is 45.8. The maximum absolute atomic E-state index is 2.52. The van der Waals surface area contributed by atoms with E-state index in [0.29, 0.717) is 0 Å². The van der Waals surface area contributed by atoms with Crippen LogP contribution in [0.2, 0.25) is 0 Å². The number of aromatic nitrogens is 2. The lowest BCUT2D eigenvalue weighted by Crippen LogP contribution is -2.61. The zero-order chi connectivity index (χ0) is 55.2. The molecule has 0 aliphatic carbocycles. The number of rotatable bonds is 9. The van der Waals surface area contributed by atoms with E-state index in [4.69, 9.17) is 0 Å². The highest BCUT2D eigenvalue weighted by Crippen LogP contribution is 2.49. The third-order valence-electron chi connectivity index (χ3n) is 17.4. The Morgan fingerprint density at radius 3 is 0.964 bits per heavy atom. The first-order chi connectivity index (χ1) is 41.7. The van der Waals surface area contributed by atoms with E-state index in [1.807, 2.05) is 0 Å². The molecule has 0 radical (unpaired) electrons. The van der Waals surface area contributed by atoms with Gasteiger partial charge in [-0.25, -0.2) is 0 Å². The number of nitrogens with zero attached hydrogens (tertiary/aromatic N) is 5. The largest absolute Gasteiger partial charge is 0.311 e. The maximum Gasteiger partial charge on any atom is 0.252 e. The van der Waals surface area contributed by atoms with Gasteiger partial charge in [-0.1, -0.05) is 194 Å². The van der Waals surface area contributed by atoms with Crippen molar-refractivity contribution in [1.82, 2.24) is 9.13 Å². The molecule has 0 bridgehead atoms. The summed E-state index contributed by atoms with van der Waals surface area (Å²) >= 11 is 0. The van der Waals surface area contributed by atoms with Gasteiger partial charge in [-0.15, -0.1) is 0 Å². The summed E-state index contributed by atoms with van der Waals surface area (Å²) in [5, 5.41) is 5.00.